The minimum atomic E-state index is -4.30. The second-order valence-electron chi connectivity index (χ2n) is 4.51. The molecular weight excluding hydrogens is 302 g/mol. The van der Waals surface area contributed by atoms with Crippen LogP contribution in [0.4, 0.5) is 13.2 Å². The van der Waals surface area contributed by atoms with Gasteiger partial charge in [-0.15, -0.1) is 0 Å². The van der Waals surface area contributed by atoms with E-state index in [1.807, 2.05) is 0 Å². The third-order valence-electron chi connectivity index (χ3n) is 2.59. The van der Waals surface area contributed by atoms with Gasteiger partial charge in [-0.2, -0.15) is 13.2 Å². The first-order valence-electron chi connectivity index (χ1n) is 5.58. The van der Waals surface area contributed by atoms with Crippen LogP contribution >= 0.6 is 23.2 Å². The van der Waals surface area contributed by atoms with Crippen molar-refractivity contribution in [1.29, 1.82) is 0 Å². The van der Waals surface area contributed by atoms with E-state index in [1.165, 1.54) is 17.0 Å². The summed E-state index contributed by atoms with van der Waals surface area (Å²) in [4.78, 5) is 1.18. The second kappa shape index (κ2) is 6.20. The highest BCUT2D eigenvalue weighted by Crippen LogP contribution is 2.32. The number of hydrogen-bond donors (Lipinski definition) is 1. The van der Waals surface area contributed by atoms with Gasteiger partial charge in [0, 0.05) is 23.2 Å². The Morgan fingerprint density at radius 1 is 1.26 bits per heavy atom. The molecule has 1 rings (SSSR count). The van der Waals surface area contributed by atoms with Crippen molar-refractivity contribution in [3.8, 4) is 5.75 Å². The maximum atomic E-state index is 12.5. The number of aromatic hydroxyl groups is 1. The van der Waals surface area contributed by atoms with Crippen LogP contribution in [-0.4, -0.2) is 28.8 Å². The van der Waals surface area contributed by atoms with Gasteiger partial charge in [0.05, 0.1) is 11.6 Å². The quantitative estimate of drug-likeness (QED) is 0.886. The molecule has 0 aliphatic rings. The summed E-state index contributed by atoms with van der Waals surface area (Å²) in [6.45, 7) is 2.15. The molecule has 0 unspecified atom stereocenters. The Hall–Kier alpha value is -0.650. The highest BCUT2D eigenvalue weighted by Gasteiger charge is 2.32. The van der Waals surface area contributed by atoms with E-state index in [9.17, 15) is 18.3 Å². The van der Waals surface area contributed by atoms with E-state index in [0.717, 1.165) is 0 Å². The van der Waals surface area contributed by atoms with Crippen LogP contribution in [0.2, 0.25) is 10.0 Å². The van der Waals surface area contributed by atoms with Crippen LogP contribution in [0.1, 0.15) is 19.4 Å². The number of phenolic OH excluding ortho intramolecular Hbond substituents is 1. The lowest BCUT2D eigenvalue weighted by Crippen LogP contribution is -2.38. The largest absolute Gasteiger partial charge is 0.506 e. The van der Waals surface area contributed by atoms with E-state index < -0.39 is 12.7 Å². The summed E-state index contributed by atoms with van der Waals surface area (Å²) in [6.07, 6.45) is -4.30. The van der Waals surface area contributed by atoms with Crippen molar-refractivity contribution in [2.24, 2.45) is 0 Å². The van der Waals surface area contributed by atoms with Crippen molar-refractivity contribution in [1.82, 2.24) is 4.90 Å². The minimum Gasteiger partial charge on any atom is -0.506 e. The summed E-state index contributed by atoms with van der Waals surface area (Å²) in [5.41, 5.74) is 0.274. The molecular formula is C12H14Cl2F3NO. The van der Waals surface area contributed by atoms with Crippen LogP contribution in [-0.2, 0) is 6.54 Å². The molecule has 0 aromatic heterocycles. The SMILES string of the molecule is CC(C)N(Cc1cc(Cl)cc(Cl)c1O)CC(F)(F)F. The zero-order valence-corrected chi connectivity index (χ0v) is 11.9. The fourth-order valence-electron chi connectivity index (χ4n) is 1.61. The molecule has 1 N–H and O–H groups in total. The molecule has 1 aromatic carbocycles. The van der Waals surface area contributed by atoms with Crippen LogP contribution in [0.15, 0.2) is 12.1 Å². The molecule has 2 nitrogen and oxygen atoms in total. The molecule has 7 heteroatoms. The number of hydrogen-bond acceptors (Lipinski definition) is 2. The number of halogens is 5. The fraction of sp³-hybridized carbons (Fsp3) is 0.500. The van der Waals surface area contributed by atoms with E-state index in [0.29, 0.717) is 0 Å². The number of benzene rings is 1. The van der Waals surface area contributed by atoms with Crippen LogP contribution in [0.3, 0.4) is 0 Å². The van der Waals surface area contributed by atoms with E-state index in [4.69, 9.17) is 23.2 Å². The molecule has 19 heavy (non-hydrogen) atoms. The van der Waals surface area contributed by atoms with E-state index in [1.54, 1.807) is 13.8 Å². The van der Waals surface area contributed by atoms with Crippen LogP contribution in [0.5, 0.6) is 5.75 Å². The molecule has 0 heterocycles. The van der Waals surface area contributed by atoms with Gasteiger partial charge in [-0.05, 0) is 26.0 Å². The first kappa shape index (κ1) is 16.4. The van der Waals surface area contributed by atoms with Gasteiger partial charge in [0.15, 0.2) is 0 Å². The van der Waals surface area contributed by atoms with Crippen molar-refractivity contribution in [3.05, 3.63) is 27.7 Å². The van der Waals surface area contributed by atoms with Crippen molar-refractivity contribution < 1.29 is 18.3 Å². The minimum absolute atomic E-state index is 0.0261. The lowest BCUT2D eigenvalue weighted by molar-refractivity contribution is -0.150. The van der Waals surface area contributed by atoms with Gasteiger partial charge >= 0.3 is 6.18 Å². The molecule has 0 amide bonds. The number of nitrogens with zero attached hydrogens (tertiary/aromatic N) is 1. The molecule has 108 valence electrons. The standard InChI is InChI=1S/C12H14Cl2F3NO/c1-7(2)18(6-12(15,16)17)5-8-3-9(13)4-10(14)11(8)19/h3-4,7,19H,5-6H2,1-2H3. The Kier molecular flexibility index (Phi) is 5.35. The van der Waals surface area contributed by atoms with Gasteiger partial charge in [0.1, 0.15) is 5.75 Å². The van der Waals surface area contributed by atoms with Gasteiger partial charge in [0.25, 0.3) is 0 Å². The molecule has 0 atom stereocenters. The monoisotopic (exact) mass is 315 g/mol. The third-order valence-corrected chi connectivity index (χ3v) is 3.10. The average molecular weight is 316 g/mol. The average Bonchev–Trinajstić information content (AvgIpc) is 2.22. The molecule has 0 fully saturated rings. The molecule has 0 saturated heterocycles. The Balaban J connectivity index is 2.97. The van der Waals surface area contributed by atoms with Gasteiger partial charge < -0.3 is 5.11 Å². The van der Waals surface area contributed by atoms with Crippen LogP contribution in [0.25, 0.3) is 0 Å². The summed E-state index contributed by atoms with van der Waals surface area (Å²) < 4.78 is 37.4. The summed E-state index contributed by atoms with van der Waals surface area (Å²) in [7, 11) is 0. The number of rotatable bonds is 4. The van der Waals surface area contributed by atoms with Crippen molar-refractivity contribution in [2.75, 3.05) is 6.54 Å². The summed E-state index contributed by atoms with van der Waals surface area (Å²) in [5, 5.41) is 10.1. The van der Waals surface area contributed by atoms with Gasteiger partial charge in [0.2, 0.25) is 0 Å². The van der Waals surface area contributed by atoms with E-state index in [2.05, 4.69) is 0 Å². The molecule has 1 aromatic rings. The molecule has 0 radical (unpaired) electrons. The summed E-state index contributed by atoms with van der Waals surface area (Å²) in [6, 6.07) is 2.42. The maximum absolute atomic E-state index is 12.5. The number of alkyl halides is 3. The molecule has 0 bridgehead atoms. The first-order chi connectivity index (χ1) is 8.60. The first-order valence-corrected chi connectivity index (χ1v) is 6.33. The van der Waals surface area contributed by atoms with Crippen molar-refractivity contribution in [2.45, 2.75) is 32.6 Å². The zero-order chi connectivity index (χ0) is 14.8. The van der Waals surface area contributed by atoms with Crippen LogP contribution < -0.4 is 0 Å². The Morgan fingerprint density at radius 3 is 2.32 bits per heavy atom. The molecule has 0 spiro atoms. The van der Waals surface area contributed by atoms with Crippen molar-refractivity contribution >= 4 is 23.2 Å². The Labute approximate surface area is 119 Å². The zero-order valence-electron chi connectivity index (χ0n) is 10.4. The molecule has 0 aliphatic heterocycles. The van der Waals surface area contributed by atoms with Gasteiger partial charge in [-0.1, -0.05) is 23.2 Å². The smallest absolute Gasteiger partial charge is 0.401 e. The van der Waals surface area contributed by atoms with Crippen molar-refractivity contribution in [3.63, 3.8) is 0 Å². The second-order valence-corrected chi connectivity index (χ2v) is 5.35. The highest BCUT2D eigenvalue weighted by atomic mass is 35.5. The predicted octanol–water partition coefficient (Wildman–Crippen LogP) is 4.47. The lowest BCUT2D eigenvalue weighted by Gasteiger charge is -2.27. The van der Waals surface area contributed by atoms with E-state index in [-0.39, 0.29) is 33.9 Å². The third kappa shape index (κ3) is 5.09. The number of phenols is 1. The van der Waals surface area contributed by atoms with Gasteiger partial charge in [-0.25, -0.2) is 0 Å². The lowest BCUT2D eigenvalue weighted by atomic mass is 10.1. The summed E-state index contributed by atoms with van der Waals surface area (Å²) in [5.74, 6) is -0.237. The maximum Gasteiger partial charge on any atom is 0.401 e. The van der Waals surface area contributed by atoms with Crippen LogP contribution in [0, 0.1) is 0 Å². The summed E-state index contributed by atoms with van der Waals surface area (Å²) >= 11 is 11.5. The molecule has 0 aliphatic carbocycles. The molecule has 0 saturated carbocycles. The normalized spacial score (nSPS) is 12.5. The Bertz CT molecular complexity index is 449. The fourth-order valence-corrected chi connectivity index (χ4v) is 2.15. The van der Waals surface area contributed by atoms with E-state index >= 15 is 0 Å². The Morgan fingerprint density at radius 2 is 1.84 bits per heavy atom. The van der Waals surface area contributed by atoms with Gasteiger partial charge in [-0.3, -0.25) is 4.90 Å². The topological polar surface area (TPSA) is 23.5 Å². The highest BCUT2D eigenvalue weighted by molar-refractivity contribution is 6.35. The predicted molar refractivity (Wildman–Crippen MR) is 69.7 cm³/mol.